The number of hydrogen-bond donors (Lipinski definition) is 2. The number of aryl methyl sites for hydroxylation is 2. The van der Waals surface area contributed by atoms with E-state index in [0.717, 1.165) is 46.6 Å². The van der Waals surface area contributed by atoms with E-state index in [4.69, 9.17) is 4.74 Å². The number of rotatable bonds is 8. The van der Waals surface area contributed by atoms with Gasteiger partial charge in [-0.1, -0.05) is 36.4 Å². The van der Waals surface area contributed by atoms with E-state index in [2.05, 4.69) is 20.5 Å². The average molecular weight is 568 g/mol. The van der Waals surface area contributed by atoms with Crippen molar-refractivity contribution in [1.29, 1.82) is 0 Å². The number of morpholine rings is 1. The van der Waals surface area contributed by atoms with E-state index in [-0.39, 0.29) is 23.4 Å². The molecule has 0 aliphatic carbocycles. The third-order valence-corrected chi connectivity index (χ3v) is 7.88. The quantitative estimate of drug-likeness (QED) is 0.327. The molecule has 0 radical (unpaired) electrons. The number of aromatic nitrogens is 2. The summed E-state index contributed by atoms with van der Waals surface area (Å²) in [6.45, 7) is 10.7. The van der Waals surface area contributed by atoms with Crippen molar-refractivity contribution in [1.82, 2.24) is 19.8 Å². The van der Waals surface area contributed by atoms with Crippen LogP contribution in [0.25, 0.3) is 22.2 Å². The summed E-state index contributed by atoms with van der Waals surface area (Å²) >= 11 is 0. The maximum Gasteiger partial charge on any atom is 0.270 e. The zero-order valence-corrected chi connectivity index (χ0v) is 24.5. The molecule has 0 saturated carbocycles. The molecule has 1 fully saturated rings. The minimum absolute atomic E-state index is 0.109. The van der Waals surface area contributed by atoms with Gasteiger partial charge in [0.25, 0.3) is 5.56 Å². The Morgan fingerprint density at radius 1 is 0.952 bits per heavy atom. The van der Waals surface area contributed by atoms with Gasteiger partial charge in [-0.05, 0) is 72.9 Å². The number of nitrogens with one attached hydrogen (secondary N) is 2. The van der Waals surface area contributed by atoms with Crippen molar-refractivity contribution in [2.75, 3.05) is 38.2 Å². The molecule has 0 spiro atoms. The van der Waals surface area contributed by atoms with Crippen LogP contribution in [0.15, 0.2) is 71.7 Å². The third kappa shape index (κ3) is 6.58. The SMILES string of the molecule is CC(=O)Nc1ccc(-c2ccc(C(CN3CCOCC3)NC(=O)C(C)n3c(=O)cnc4cc(C)c(C)cc43)cc2)cc1. The van der Waals surface area contributed by atoms with E-state index in [1.807, 2.05) is 74.5 Å². The Bertz CT molecular complexity index is 1640. The van der Waals surface area contributed by atoms with E-state index < -0.39 is 6.04 Å². The van der Waals surface area contributed by atoms with Gasteiger partial charge < -0.3 is 15.4 Å². The molecular formula is C33H37N5O4. The first-order valence-electron chi connectivity index (χ1n) is 14.3. The maximum absolute atomic E-state index is 13.7. The normalized spacial score (nSPS) is 15.2. The Kier molecular flexibility index (Phi) is 8.80. The summed E-state index contributed by atoms with van der Waals surface area (Å²) in [5, 5.41) is 6.03. The Balaban J connectivity index is 1.40. The molecule has 2 heterocycles. The summed E-state index contributed by atoms with van der Waals surface area (Å²) in [6.07, 6.45) is 1.29. The van der Waals surface area contributed by atoms with Crippen LogP contribution in [0.3, 0.4) is 0 Å². The molecule has 1 aliphatic rings. The van der Waals surface area contributed by atoms with Crippen LogP contribution in [0.1, 0.15) is 42.6 Å². The summed E-state index contributed by atoms with van der Waals surface area (Å²) in [7, 11) is 0. The predicted octanol–water partition coefficient (Wildman–Crippen LogP) is 4.39. The second kappa shape index (κ2) is 12.7. The fourth-order valence-electron chi connectivity index (χ4n) is 5.33. The molecule has 2 amide bonds. The highest BCUT2D eigenvalue weighted by Crippen LogP contribution is 2.25. The Hall–Kier alpha value is -4.34. The van der Waals surface area contributed by atoms with Gasteiger partial charge in [0.05, 0.1) is 36.5 Å². The van der Waals surface area contributed by atoms with Crippen molar-refractivity contribution in [3.63, 3.8) is 0 Å². The third-order valence-electron chi connectivity index (χ3n) is 7.88. The van der Waals surface area contributed by atoms with Crippen molar-refractivity contribution in [3.05, 3.63) is 93.9 Å². The molecule has 42 heavy (non-hydrogen) atoms. The fraction of sp³-hybridized carbons (Fsp3) is 0.333. The number of fused-ring (bicyclic) bond motifs is 1. The first kappa shape index (κ1) is 29.2. The lowest BCUT2D eigenvalue weighted by atomic mass is 9.99. The molecule has 9 nitrogen and oxygen atoms in total. The predicted molar refractivity (Wildman–Crippen MR) is 165 cm³/mol. The van der Waals surface area contributed by atoms with Gasteiger partial charge in [-0.15, -0.1) is 0 Å². The summed E-state index contributed by atoms with van der Waals surface area (Å²) in [4.78, 5) is 44.7. The topological polar surface area (TPSA) is 106 Å². The van der Waals surface area contributed by atoms with E-state index >= 15 is 0 Å². The van der Waals surface area contributed by atoms with Gasteiger partial charge in [0.1, 0.15) is 6.04 Å². The summed E-state index contributed by atoms with van der Waals surface area (Å²) in [6, 6.07) is 18.7. The molecule has 1 aliphatic heterocycles. The van der Waals surface area contributed by atoms with Crippen LogP contribution >= 0.6 is 0 Å². The molecule has 218 valence electrons. The highest BCUT2D eigenvalue weighted by molar-refractivity contribution is 5.89. The van der Waals surface area contributed by atoms with Gasteiger partial charge >= 0.3 is 0 Å². The van der Waals surface area contributed by atoms with E-state index in [1.54, 1.807) is 6.92 Å². The molecule has 3 aromatic carbocycles. The zero-order valence-electron chi connectivity index (χ0n) is 24.5. The molecular weight excluding hydrogens is 530 g/mol. The Morgan fingerprint density at radius 3 is 2.21 bits per heavy atom. The van der Waals surface area contributed by atoms with Crippen LogP contribution in [0.2, 0.25) is 0 Å². The van der Waals surface area contributed by atoms with Crippen molar-refractivity contribution in [2.45, 2.75) is 39.8 Å². The van der Waals surface area contributed by atoms with Crippen LogP contribution in [0, 0.1) is 13.8 Å². The summed E-state index contributed by atoms with van der Waals surface area (Å²) < 4.78 is 7.07. The zero-order chi connectivity index (χ0) is 29.8. The lowest BCUT2D eigenvalue weighted by Gasteiger charge is -2.32. The Morgan fingerprint density at radius 2 is 1.57 bits per heavy atom. The average Bonchev–Trinajstić information content (AvgIpc) is 2.98. The van der Waals surface area contributed by atoms with Gasteiger partial charge in [-0.2, -0.15) is 0 Å². The van der Waals surface area contributed by atoms with Crippen LogP contribution in [0.4, 0.5) is 5.69 Å². The van der Waals surface area contributed by atoms with Crippen LogP contribution < -0.4 is 16.2 Å². The molecule has 1 aromatic heterocycles. The molecule has 1 saturated heterocycles. The minimum Gasteiger partial charge on any atom is -0.379 e. The standard InChI is InChI=1S/C33H37N5O4/c1-21-17-29-31(18-22(21)2)38(32(40)19-34-29)23(3)33(41)36-30(20-37-13-15-42-16-14-37)27-7-5-25(6-8-27)26-9-11-28(12-10-26)35-24(4)39/h5-12,17-19,23,30H,13-16,20H2,1-4H3,(H,35,39)(H,36,41). The number of benzene rings is 3. The second-order valence-corrected chi connectivity index (χ2v) is 10.9. The maximum atomic E-state index is 13.7. The smallest absolute Gasteiger partial charge is 0.270 e. The van der Waals surface area contributed by atoms with E-state index in [9.17, 15) is 14.4 Å². The van der Waals surface area contributed by atoms with Crippen molar-refractivity contribution >= 4 is 28.5 Å². The Labute approximate surface area is 245 Å². The van der Waals surface area contributed by atoms with Gasteiger partial charge in [-0.25, -0.2) is 4.98 Å². The van der Waals surface area contributed by atoms with E-state index in [1.165, 1.54) is 17.7 Å². The molecule has 4 aromatic rings. The number of nitrogens with zero attached hydrogens (tertiary/aromatic N) is 3. The van der Waals surface area contributed by atoms with Gasteiger partial charge in [0.15, 0.2) is 0 Å². The van der Waals surface area contributed by atoms with Crippen LogP contribution in [-0.2, 0) is 14.3 Å². The van der Waals surface area contributed by atoms with Gasteiger partial charge in [0, 0.05) is 32.2 Å². The first-order chi connectivity index (χ1) is 20.2. The number of hydrogen-bond acceptors (Lipinski definition) is 6. The lowest BCUT2D eigenvalue weighted by molar-refractivity contribution is -0.124. The fourth-order valence-corrected chi connectivity index (χ4v) is 5.33. The van der Waals surface area contributed by atoms with Gasteiger partial charge in [0.2, 0.25) is 11.8 Å². The highest BCUT2D eigenvalue weighted by Gasteiger charge is 2.25. The largest absolute Gasteiger partial charge is 0.379 e. The molecule has 2 unspecified atom stereocenters. The van der Waals surface area contributed by atoms with Crippen molar-refractivity contribution < 1.29 is 14.3 Å². The summed E-state index contributed by atoms with van der Waals surface area (Å²) in [5.41, 5.74) is 6.89. The van der Waals surface area contributed by atoms with Crippen LogP contribution in [0.5, 0.6) is 0 Å². The molecule has 2 atom stereocenters. The minimum atomic E-state index is -0.737. The number of amides is 2. The molecule has 0 bridgehead atoms. The first-order valence-corrected chi connectivity index (χ1v) is 14.3. The van der Waals surface area contributed by atoms with E-state index in [0.29, 0.717) is 30.8 Å². The lowest BCUT2D eigenvalue weighted by Crippen LogP contribution is -2.45. The number of carbonyl (C=O) groups is 2. The highest BCUT2D eigenvalue weighted by atomic mass is 16.5. The number of ether oxygens (including phenoxy) is 1. The molecule has 5 rings (SSSR count). The van der Waals surface area contributed by atoms with Crippen molar-refractivity contribution in [2.24, 2.45) is 0 Å². The van der Waals surface area contributed by atoms with Crippen molar-refractivity contribution in [3.8, 4) is 11.1 Å². The number of anilines is 1. The monoisotopic (exact) mass is 567 g/mol. The molecule has 9 heteroatoms. The van der Waals surface area contributed by atoms with Gasteiger partial charge in [-0.3, -0.25) is 23.9 Å². The van der Waals surface area contributed by atoms with Crippen LogP contribution in [-0.4, -0.2) is 59.1 Å². The summed E-state index contributed by atoms with van der Waals surface area (Å²) in [5.74, 6) is -0.347. The number of carbonyl (C=O) groups excluding carboxylic acids is 2. The second-order valence-electron chi connectivity index (χ2n) is 10.9. The molecule has 2 N–H and O–H groups in total.